The van der Waals surface area contributed by atoms with E-state index in [-0.39, 0.29) is 0 Å². The summed E-state index contributed by atoms with van der Waals surface area (Å²) in [5.74, 6) is 1.49. The smallest absolute Gasteiger partial charge is 0.127 e. The number of thiophene rings is 1. The third kappa shape index (κ3) is 1.68. The second-order valence-corrected chi connectivity index (χ2v) is 5.82. The molecule has 92 valence electrons. The van der Waals surface area contributed by atoms with Crippen molar-refractivity contribution in [3.05, 3.63) is 41.3 Å². The molecular weight excluding hydrogens is 240 g/mol. The van der Waals surface area contributed by atoms with Crippen molar-refractivity contribution >= 4 is 21.4 Å². The van der Waals surface area contributed by atoms with Crippen LogP contribution in [0, 0.1) is 0 Å². The van der Waals surface area contributed by atoms with Gasteiger partial charge in [0.05, 0.1) is 7.11 Å². The Labute approximate surface area is 111 Å². The van der Waals surface area contributed by atoms with Crippen LogP contribution in [0.5, 0.6) is 5.75 Å². The van der Waals surface area contributed by atoms with E-state index in [1.165, 1.54) is 26.8 Å². The van der Waals surface area contributed by atoms with Crippen molar-refractivity contribution in [3.63, 3.8) is 0 Å². The van der Waals surface area contributed by atoms with E-state index >= 15 is 0 Å². The molecule has 0 bridgehead atoms. The largest absolute Gasteiger partial charge is 0.496 e. The normalized spacial score (nSPS) is 11.6. The van der Waals surface area contributed by atoms with Gasteiger partial charge in [-0.15, -0.1) is 11.3 Å². The summed E-state index contributed by atoms with van der Waals surface area (Å²) < 4.78 is 6.95. The fraction of sp³-hybridized carbons (Fsp3) is 0.250. The molecule has 0 unspecified atom stereocenters. The molecule has 0 fully saturated rings. The molecule has 0 radical (unpaired) electrons. The number of hydrogen-bond donors (Lipinski definition) is 0. The first-order valence-electron chi connectivity index (χ1n) is 6.18. The number of rotatable bonds is 2. The molecule has 1 heterocycles. The van der Waals surface area contributed by atoms with Crippen molar-refractivity contribution in [2.24, 2.45) is 0 Å². The van der Waals surface area contributed by atoms with Gasteiger partial charge in [0.2, 0.25) is 0 Å². The molecule has 0 aromatic carbocycles. The maximum Gasteiger partial charge on any atom is 0.127 e. The summed E-state index contributed by atoms with van der Waals surface area (Å²) in [6.07, 6.45) is 0. The first-order chi connectivity index (χ1) is 8.70. The van der Waals surface area contributed by atoms with Crippen LogP contribution in [0.25, 0.3) is 21.2 Å². The maximum absolute atomic E-state index is 5.62. The fourth-order valence-corrected chi connectivity index (χ4v) is 3.24. The molecule has 0 saturated heterocycles. The lowest BCUT2D eigenvalue weighted by Gasteiger charge is -2.05. The molecule has 0 aliphatic heterocycles. The highest BCUT2D eigenvalue weighted by atomic mass is 32.1. The highest BCUT2D eigenvalue weighted by Crippen LogP contribution is 2.43. The van der Waals surface area contributed by atoms with Crippen molar-refractivity contribution < 1.29 is 4.74 Å². The third-order valence-electron chi connectivity index (χ3n) is 3.43. The standard InChI is InChI=1S/C16H16OS/c1-10(2)11-4-5-12-9-15-13(6-7-18-15)16(12)14(8-11)17-3/h4-10H,1-3H3. The lowest BCUT2D eigenvalue weighted by atomic mass is 10.1. The zero-order chi connectivity index (χ0) is 12.7. The summed E-state index contributed by atoms with van der Waals surface area (Å²) in [6, 6.07) is 11.0. The molecule has 0 N–H and O–H groups in total. The van der Waals surface area contributed by atoms with E-state index in [1.54, 1.807) is 18.4 Å². The van der Waals surface area contributed by atoms with E-state index in [4.69, 9.17) is 4.74 Å². The van der Waals surface area contributed by atoms with E-state index in [9.17, 15) is 0 Å². The molecule has 0 spiro atoms. The summed E-state index contributed by atoms with van der Waals surface area (Å²) >= 11 is 1.78. The minimum Gasteiger partial charge on any atom is -0.496 e. The predicted molar refractivity (Wildman–Crippen MR) is 79.1 cm³/mol. The van der Waals surface area contributed by atoms with Crippen LogP contribution in [0.4, 0.5) is 0 Å². The number of hydrogen-bond acceptors (Lipinski definition) is 2. The van der Waals surface area contributed by atoms with Crippen molar-refractivity contribution in [3.8, 4) is 16.9 Å². The van der Waals surface area contributed by atoms with Crippen molar-refractivity contribution in [2.45, 2.75) is 19.8 Å². The van der Waals surface area contributed by atoms with Gasteiger partial charge in [0, 0.05) is 15.6 Å². The molecule has 2 aliphatic carbocycles. The molecule has 18 heavy (non-hydrogen) atoms. The predicted octanol–water partition coefficient (Wildman–Crippen LogP) is 5.14. The van der Waals surface area contributed by atoms with Crippen LogP contribution in [0.1, 0.15) is 25.3 Å². The Kier molecular flexibility index (Phi) is 2.75. The maximum atomic E-state index is 5.62. The first kappa shape index (κ1) is 11.5. The van der Waals surface area contributed by atoms with Crippen LogP contribution < -0.4 is 4.74 Å². The van der Waals surface area contributed by atoms with Gasteiger partial charge in [-0.05, 0) is 40.6 Å². The van der Waals surface area contributed by atoms with Crippen LogP contribution in [-0.2, 0) is 0 Å². The topological polar surface area (TPSA) is 9.23 Å². The van der Waals surface area contributed by atoms with Crippen LogP contribution in [0.3, 0.4) is 0 Å². The quantitative estimate of drug-likeness (QED) is 0.617. The summed E-state index contributed by atoms with van der Waals surface area (Å²) in [6.45, 7) is 4.42. The number of ether oxygens (including phenoxy) is 1. The van der Waals surface area contributed by atoms with Gasteiger partial charge in [-0.25, -0.2) is 0 Å². The van der Waals surface area contributed by atoms with Gasteiger partial charge in [0.15, 0.2) is 0 Å². The zero-order valence-corrected chi connectivity index (χ0v) is 11.7. The summed E-state index contributed by atoms with van der Waals surface area (Å²) in [7, 11) is 1.75. The van der Waals surface area contributed by atoms with Gasteiger partial charge in [0.25, 0.3) is 0 Å². The molecule has 1 aromatic rings. The van der Waals surface area contributed by atoms with Gasteiger partial charge in [-0.1, -0.05) is 26.0 Å². The highest BCUT2D eigenvalue weighted by molar-refractivity contribution is 7.17. The third-order valence-corrected chi connectivity index (χ3v) is 4.29. The van der Waals surface area contributed by atoms with Gasteiger partial charge in [0.1, 0.15) is 5.75 Å². The van der Waals surface area contributed by atoms with Crippen LogP contribution in [-0.4, -0.2) is 7.11 Å². The summed E-state index contributed by atoms with van der Waals surface area (Å²) in [4.78, 5) is 0. The monoisotopic (exact) mass is 256 g/mol. The van der Waals surface area contributed by atoms with Gasteiger partial charge in [-0.2, -0.15) is 0 Å². The molecule has 1 nitrogen and oxygen atoms in total. The van der Waals surface area contributed by atoms with E-state index in [2.05, 4.69) is 49.6 Å². The molecule has 1 aromatic heterocycles. The summed E-state index contributed by atoms with van der Waals surface area (Å²) in [5, 5.41) is 3.44. The van der Waals surface area contributed by atoms with Crippen molar-refractivity contribution in [1.29, 1.82) is 0 Å². The Hall–Kier alpha value is -1.54. The molecule has 0 saturated carbocycles. The van der Waals surface area contributed by atoms with Crippen LogP contribution in [0.15, 0.2) is 35.7 Å². The minimum atomic E-state index is 0.508. The minimum absolute atomic E-state index is 0.508. The van der Waals surface area contributed by atoms with E-state index in [1.807, 2.05) is 0 Å². The molecule has 2 aliphatic rings. The molecule has 0 amide bonds. The Bertz CT molecular complexity index is 666. The highest BCUT2D eigenvalue weighted by Gasteiger charge is 2.15. The first-order valence-corrected chi connectivity index (χ1v) is 7.06. The van der Waals surface area contributed by atoms with Crippen LogP contribution >= 0.6 is 11.3 Å². The Balaban J connectivity index is 2.38. The summed E-state index contributed by atoms with van der Waals surface area (Å²) in [5.41, 5.74) is 3.81. The molecule has 3 rings (SSSR count). The second kappa shape index (κ2) is 4.29. The molecule has 2 heteroatoms. The fourth-order valence-electron chi connectivity index (χ4n) is 2.39. The van der Waals surface area contributed by atoms with E-state index < -0.39 is 0 Å². The Morgan fingerprint density at radius 3 is 2.67 bits per heavy atom. The Morgan fingerprint density at radius 1 is 1.11 bits per heavy atom. The van der Waals surface area contributed by atoms with Gasteiger partial charge >= 0.3 is 0 Å². The average molecular weight is 256 g/mol. The number of methoxy groups -OCH3 is 1. The zero-order valence-electron chi connectivity index (χ0n) is 10.9. The van der Waals surface area contributed by atoms with Crippen molar-refractivity contribution in [1.82, 2.24) is 0 Å². The number of fused-ring (bicyclic) bond motifs is 3. The second-order valence-electron chi connectivity index (χ2n) is 4.87. The lowest BCUT2D eigenvalue weighted by Crippen LogP contribution is -1.86. The van der Waals surface area contributed by atoms with E-state index in [0.29, 0.717) is 5.92 Å². The average Bonchev–Trinajstić information content (AvgIpc) is 2.85. The molecular formula is C16H16OS. The van der Waals surface area contributed by atoms with Crippen LogP contribution in [0.2, 0.25) is 0 Å². The molecule has 0 atom stereocenters. The lowest BCUT2D eigenvalue weighted by molar-refractivity contribution is 0.416. The van der Waals surface area contributed by atoms with Gasteiger partial charge in [-0.3, -0.25) is 0 Å². The van der Waals surface area contributed by atoms with Crippen molar-refractivity contribution in [2.75, 3.05) is 7.11 Å². The Morgan fingerprint density at radius 2 is 1.94 bits per heavy atom. The SMILES string of the molecule is COc1cc(C(C)C)ccc2cc3sccc3c1-2. The van der Waals surface area contributed by atoms with E-state index in [0.717, 1.165) is 5.75 Å². The van der Waals surface area contributed by atoms with Gasteiger partial charge < -0.3 is 4.74 Å².